The maximum atomic E-state index is 10.8. The molecule has 0 aromatic rings. The lowest BCUT2D eigenvalue weighted by Crippen LogP contribution is -2.38. The Labute approximate surface area is 66.6 Å². The van der Waals surface area contributed by atoms with E-state index < -0.39 is 0 Å². The molecular formula is C7H14N2O2. The van der Waals surface area contributed by atoms with Crippen LogP contribution in [0, 0.1) is 0 Å². The second-order valence-electron chi connectivity index (χ2n) is 2.21. The zero-order chi connectivity index (χ0) is 8.85. The summed E-state index contributed by atoms with van der Waals surface area (Å²) in [7, 11) is 1.55. The third kappa shape index (κ3) is 3.60. The molecule has 0 spiro atoms. The Hall–Kier alpha value is -1.06. The van der Waals surface area contributed by atoms with Gasteiger partial charge in [-0.3, -0.25) is 9.59 Å². The van der Waals surface area contributed by atoms with Crippen LogP contribution >= 0.6 is 0 Å². The Bertz CT molecular complexity index is 157. The molecule has 0 saturated heterocycles. The summed E-state index contributed by atoms with van der Waals surface area (Å²) in [6.45, 7) is 4.02. The minimum atomic E-state index is -0.137. The van der Waals surface area contributed by atoms with Gasteiger partial charge in [-0.25, -0.2) is 0 Å². The molecule has 0 aromatic heterocycles. The van der Waals surface area contributed by atoms with Gasteiger partial charge in [0, 0.05) is 20.5 Å². The Morgan fingerprint density at radius 2 is 2.00 bits per heavy atom. The van der Waals surface area contributed by atoms with Crippen molar-refractivity contribution in [3.63, 3.8) is 0 Å². The van der Waals surface area contributed by atoms with Crippen molar-refractivity contribution in [2.24, 2.45) is 0 Å². The first-order valence-corrected chi connectivity index (χ1v) is 3.57. The van der Waals surface area contributed by atoms with Crippen LogP contribution in [0.1, 0.15) is 13.8 Å². The van der Waals surface area contributed by atoms with E-state index in [0.717, 1.165) is 0 Å². The van der Waals surface area contributed by atoms with Crippen LogP contribution in [0.2, 0.25) is 0 Å². The van der Waals surface area contributed by atoms with Crippen LogP contribution in [-0.4, -0.2) is 36.9 Å². The zero-order valence-electron chi connectivity index (χ0n) is 7.18. The number of amides is 2. The molecule has 0 aliphatic rings. The van der Waals surface area contributed by atoms with Crippen molar-refractivity contribution in [2.75, 3.05) is 20.1 Å². The van der Waals surface area contributed by atoms with Gasteiger partial charge in [0.05, 0.1) is 6.54 Å². The number of hydrogen-bond donors (Lipinski definition) is 1. The van der Waals surface area contributed by atoms with E-state index in [0.29, 0.717) is 6.54 Å². The fraction of sp³-hybridized carbons (Fsp3) is 0.714. The number of hydrogen-bond acceptors (Lipinski definition) is 2. The van der Waals surface area contributed by atoms with Crippen molar-refractivity contribution < 1.29 is 9.59 Å². The SMILES string of the molecule is CCN(CC(=O)NC)C(C)=O. The first kappa shape index (κ1) is 9.94. The Morgan fingerprint density at radius 3 is 2.27 bits per heavy atom. The molecule has 0 rings (SSSR count). The minimum Gasteiger partial charge on any atom is -0.358 e. The number of nitrogens with one attached hydrogen (secondary N) is 1. The lowest BCUT2D eigenvalue weighted by Gasteiger charge is -2.16. The van der Waals surface area contributed by atoms with E-state index in [9.17, 15) is 9.59 Å². The molecule has 0 aromatic carbocycles. The molecule has 2 amide bonds. The van der Waals surface area contributed by atoms with Gasteiger partial charge in [0.1, 0.15) is 0 Å². The number of carbonyl (C=O) groups excluding carboxylic acids is 2. The summed E-state index contributed by atoms with van der Waals surface area (Å²) in [5, 5.41) is 2.45. The van der Waals surface area contributed by atoms with E-state index >= 15 is 0 Å². The molecular weight excluding hydrogens is 144 g/mol. The van der Waals surface area contributed by atoms with Gasteiger partial charge in [-0.15, -0.1) is 0 Å². The lowest BCUT2D eigenvalue weighted by atomic mass is 10.4. The molecule has 0 unspecified atom stereocenters. The van der Waals surface area contributed by atoms with Crippen LogP contribution in [0.4, 0.5) is 0 Å². The van der Waals surface area contributed by atoms with Gasteiger partial charge >= 0.3 is 0 Å². The van der Waals surface area contributed by atoms with E-state index in [1.165, 1.54) is 11.8 Å². The topological polar surface area (TPSA) is 49.4 Å². The fourth-order valence-corrected chi connectivity index (χ4v) is 0.698. The number of likely N-dealkylation sites (N-methyl/N-ethyl adjacent to an activating group) is 2. The highest BCUT2D eigenvalue weighted by Gasteiger charge is 2.08. The highest BCUT2D eigenvalue weighted by Crippen LogP contribution is 1.87. The van der Waals surface area contributed by atoms with Crippen LogP contribution in [0.15, 0.2) is 0 Å². The molecule has 1 N–H and O–H groups in total. The number of rotatable bonds is 3. The molecule has 0 atom stereocenters. The normalized spacial score (nSPS) is 9.00. The molecule has 0 bridgehead atoms. The molecule has 0 fully saturated rings. The maximum Gasteiger partial charge on any atom is 0.239 e. The van der Waals surface area contributed by atoms with Crippen LogP contribution in [0.3, 0.4) is 0 Å². The third-order valence-corrected chi connectivity index (χ3v) is 1.44. The van der Waals surface area contributed by atoms with Gasteiger partial charge in [0.15, 0.2) is 0 Å². The second kappa shape index (κ2) is 4.71. The van der Waals surface area contributed by atoms with Crippen LogP contribution < -0.4 is 5.32 Å². The quantitative estimate of drug-likeness (QED) is 0.607. The van der Waals surface area contributed by atoms with Gasteiger partial charge in [0.2, 0.25) is 11.8 Å². The standard InChI is InChI=1S/C7H14N2O2/c1-4-9(6(2)10)5-7(11)8-3/h4-5H2,1-3H3,(H,8,11). The van der Waals surface area contributed by atoms with E-state index in [1.54, 1.807) is 7.05 Å². The Kier molecular flexibility index (Phi) is 4.26. The molecule has 0 aliphatic carbocycles. The van der Waals surface area contributed by atoms with Gasteiger partial charge in [-0.2, -0.15) is 0 Å². The summed E-state index contributed by atoms with van der Waals surface area (Å²) in [5.74, 6) is -0.210. The summed E-state index contributed by atoms with van der Waals surface area (Å²) < 4.78 is 0. The summed E-state index contributed by atoms with van der Waals surface area (Å²) in [6.07, 6.45) is 0. The first-order chi connectivity index (χ1) is 5.11. The van der Waals surface area contributed by atoms with Crippen molar-refractivity contribution in [2.45, 2.75) is 13.8 Å². The van der Waals surface area contributed by atoms with Crippen molar-refractivity contribution in [3.8, 4) is 0 Å². The third-order valence-electron chi connectivity index (χ3n) is 1.44. The molecule has 0 heterocycles. The predicted octanol–water partition coefficient (Wildman–Crippen LogP) is -0.399. The molecule has 0 radical (unpaired) electrons. The van der Waals surface area contributed by atoms with Gasteiger partial charge in [0.25, 0.3) is 0 Å². The fourth-order valence-electron chi connectivity index (χ4n) is 0.698. The van der Waals surface area contributed by atoms with Crippen molar-refractivity contribution >= 4 is 11.8 Å². The summed E-state index contributed by atoms with van der Waals surface area (Å²) in [4.78, 5) is 23.0. The number of nitrogens with zero attached hydrogens (tertiary/aromatic N) is 1. The average molecular weight is 158 g/mol. The molecule has 64 valence electrons. The van der Waals surface area contributed by atoms with Crippen LogP contribution in [-0.2, 0) is 9.59 Å². The summed E-state index contributed by atoms with van der Waals surface area (Å²) in [6, 6.07) is 0. The monoisotopic (exact) mass is 158 g/mol. The van der Waals surface area contributed by atoms with E-state index in [1.807, 2.05) is 6.92 Å². The average Bonchev–Trinajstić information content (AvgIpc) is 1.99. The smallest absolute Gasteiger partial charge is 0.239 e. The molecule has 4 nitrogen and oxygen atoms in total. The van der Waals surface area contributed by atoms with E-state index in [2.05, 4.69) is 5.32 Å². The highest BCUT2D eigenvalue weighted by molar-refractivity contribution is 5.83. The van der Waals surface area contributed by atoms with Gasteiger partial charge in [-0.05, 0) is 6.92 Å². The molecule has 0 aliphatic heterocycles. The van der Waals surface area contributed by atoms with Crippen LogP contribution in [0.25, 0.3) is 0 Å². The first-order valence-electron chi connectivity index (χ1n) is 3.57. The largest absolute Gasteiger partial charge is 0.358 e. The van der Waals surface area contributed by atoms with Gasteiger partial charge < -0.3 is 10.2 Å². The Morgan fingerprint density at radius 1 is 1.45 bits per heavy atom. The minimum absolute atomic E-state index is 0.0731. The van der Waals surface area contributed by atoms with Crippen molar-refractivity contribution in [1.82, 2.24) is 10.2 Å². The van der Waals surface area contributed by atoms with E-state index in [-0.39, 0.29) is 18.4 Å². The van der Waals surface area contributed by atoms with Crippen LogP contribution in [0.5, 0.6) is 0 Å². The molecule has 11 heavy (non-hydrogen) atoms. The molecule has 0 saturated carbocycles. The zero-order valence-corrected chi connectivity index (χ0v) is 7.18. The van der Waals surface area contributed by atoms with Gasteiger partial charge in [-0.1, -0.05) is 0 Å². The van der Waals surface area contributed by atoms with Crippen molar-refractivity contribution in [1.29, 1.82) is 0 Å². The predicted molar refractivity (Wildman–Crippen MR) is 42.0 cm³/mol. The lowest BCUT2D eigenvalue weighted by molar-refractivity contribution is -0.133. The number of carbonyl (C=O) groups is 2. The maximum absolute atomic E-state index is 10.8. The Balaban J connectivity index is 3.88. The van der Waals surface area contributed by atoms with Crippen molar-refractivity contribution in [3.05, 3.63) is 0 Å². The molecule has 4 heteroatoms. The second-order valence-corrected chi connectivity index (χ2v) is 2.21. The summed E-state index contributed by atoms with van der Waals surface area (Å²) in [5.41, 5.74) is 0. The summed E-state index contributed by atoms with van der Waals surface area (Å²) >= 11 is 0. The van der Waals surface area contributed by atoms with E-state index in [4.69, 9.17) is 0 Å². The highest BCUT2D eigenvalue weighted by atomic mass is 16.2.